The van der Waals surface area contributed by atoms with Gasteiger partial charge in [-0.1, -0.05) is 0 Å². The van der Waals surface area contributed by atoms with Crippen LogP contribution in [0.2, 0.25) is 0 Å². The number of hydrogen-bond donors (Lipinski definition) is 2. The molecule has 0 spiro atoms. The highest BCUT2D eigenvalue weighted by atomic mass is 32.2. The minimum absolute atomic E-state index is 0.294. The summed E-state index contributed by atoms with van der Waals surface area (Å²) in [4.78, 5) is 2.66. The van der Waals surface area contributed by atoms with Gasteiger partial charge in [-0.3, -0.25) is 0 Å². The second kappa shape index (κ2) is 6.11. The molecule has 2 atom stereocenters. The lowest BCUT2D eigenvalue weighted by Gasteiger charge is -2.35. The SMILES string of the molecule is CNS(=O)(=O)c1ccc(NC2CCN(C)C(C)C2)cc1. The fraction of sp³-hybridized carbons (Fsp3) is 0.571. The quantitative estimate of drug-likeness (QED) is 0.884. The van der Waals surface area contributed by atoms with Crippen molar-refractivity contribution in [3.05, 3.63) is 24.3 Å². The first-order chi connectivity index (χ1) is 9.42. The fourth-order valence-corrected chi connectivity index (χ4v) is 3.23. The van der Waals surface area contributed by atoms with Gasteiger partial charge in [-0.25, -0.2) is 13.1 Å². The molecule has 0 saturated carbocycles. The minimum atomic E-state index is -3.35. The van der Waals surface area contributed by atoms with E-state index in [1.807, 2.05) is 12.1 Å². The summed E-state index contributed by atoms with van der Waals surface area (Å²) >= 11 is 0. The zero-order valence-corrected chi connectivity index (χ0v) is 13.1. The van der Waals surface area contributed by atoms with E-state index >= 15 is 0 Å². The molecule has 112 valence electrons. The summed E-state index contributed by atoms with van der Waals surface area (Å²) in [5.41, 5.74) is 0.974. The molecule has 2 rings (SSSR count). The van der Waals surface area contributed by atoms with Crippen LogP contribution in [0.5, 0.6) is 0 Å². The van der Waals surface area contributed by atoms with Crippen molar-refractivity contribution in [1.82, 2.24) is 9.62 Å². The predicted molar refractivity (Wildman–Crippen MR) is 81.4 cm³/mol. The summed E-state index contributed by atoms with van der Waals surface area (Å²) in [5, 5.41) is 3.49. The standard InChI is InChI=1S/C14H23N3O2S/c1-11-10-13(8-9-17(11)3)16-12-4-6-14(7-5-12)20(18,19)15-2/h4-7,11,13,15-16H,8-10H2,1-3H3. The molecule has 1 aliphatic heterocycles. The zero-order chi connectivity index (χ0) is 14.8. The molecule has 2 unspecified atom stereocenters. The third kappa shape index (κ3) is 3.50. The van der Waals surface area contributed by atoms with Gasteiger partial charge in [-0.05, 0) is 58.1 Å². The largest absolute Gasteiger partial charge is 0.382 e. The van der Waals surface area contributed by atoms with E-state index in [0.717, 1.165) is 25.1 Å². The van der Waals surface area contributed by atoms with Gasteiger partial charge in [0.05, 0.1) is 4.90 Å². The maximum atomic E-state index is 11.6. The van der Waals surface area contributed by atoms with Crippen LogP contribution >= 0.6 is 0 Å². The first-order valence-corrected chi connectivity index (χ1v) is 8.41. The van der Waals surface area contributed by atoms with Gasteiger partial charge in [-0.15, -0.1) is 0 Å². The van der Waals surface area contributed by atoms with Gasteiger partial charge in [0.1, 0.15) is 0 Å². The van der Waals surface area contributed by atoms with E-state index in [1.54, 1.807) is 12.1 Å². The molecule has 5 nitrogen and oxygen atoms in total. The lowest BCUT2D eigenvalue weighted by molar-refractivity contribution is 0.190. The summed E-state index contributed by atoms with van der Waals surface area (Å²) in [6.07, 6.45) is 2.21. The number of hydrogen-bond acceptors (Lipinski definition) is 4. The number of sulfonamides is 1. The van der Waals surface area contributed by atoms with Crippen LogP contribution in [0.15, 0.2) is 29.2 Å². The van der Waals surface area contributed by atoms with Crippen molar-refractivity contribution in [3.63, 3.8) is 0 Å². The smallest absolute Gasteiger partial charge is 0.240 e. The molecule has 1 aromatic carbocycles. The van der Waals surface area contributed by atoms with Crippen LogP contribution in [0.1, 0.15) is 19.8 Å². The van der Waals surface area contributed by atoms with Crippen LogP contribution in [0.3, 0.4) is 0 Å². The third-order valence-electron chi connectivity index (χ3n) is 4.01. The van der Waals surface area contributed by atoms with Crippen molar-refractivity contribution in [2.45, 2.75) is 36.7 Å². The highest BCUT2D eigenvalue weighted by Gasteiger charge is 2.22. The van der Waals surface area contributed by atoms with Crippen molar-refractivity contribution in [2.24, 2.45) is 0 Å². The highest BCUT2D eigenvalue weighted by Crippen LogP contribution is 2.21. The summed E-state index contributed by atoms with van der Waals surface area (Å²) in [6.45, 7) is 3.32. The maximum Gasteiger partial charge on any atom is 0.240 e. The van der Waals surface area contributed by atoms with Gasteiger partial charge in [0, 0.05) is 24.3 Å². The molecular weight excluding hydrogens is 274 g/mol. The predicted octanol–water partition coefficient (Wildman–Crippen LogP) is 1.49. The first kappa shape index (κ1) is 15.3. The topological polar surface area (TPSA) is 61.4 Å². The number of nitrogens with zero attached hydrogens (tertiary/aromatic N) is 1. The van der Waals surface area contributed by atoms with Gasteiger partial charge < -0.3 is 10.2 Å². The molecule has 1 heterocycles. The molecule has 0 aliphatic carbocycles. The Bertz CT molecular complexity index is 542. The second-order valence-corrected chi connectivity index (χ2v) is 7.31. The van der Waals surface area contributed by atoms with Crippen LogP contribution < -0.4 is 10.0 Å². The Hall–Kier alpha value is -1.11. The van der Waals surface area contributed by atoms with Gasteiger partial charge in [0.15, 0.2) is 0 Å². The summed E-state index contributed by atoms with van der Waals surface area (Å²) in [7, 11) is 0.221. The van der Waals surface area contributed by atoms with E-state index in [0.29, 0.717) is 17.0 Å². The van der Waals surface area contributed by atoms with E-state index in [1.165, 1.54) is 7.05 Å². The Morgan fingerprint density at radius 2 is 1.90 bits per heavy atom. The van der Waals surface area contributed by atoms with Crippen LogP contribution in [0.25, 0.3) is 0 Å². The molecular formula is C14H23N3O2S. The van der Waals surface area contributed by atoms with Gasteiger partial charge in [0.25, 0.3) is 0 Å². The monoisotopic (exact) mass is 297 g/mol. The van der Waals surface area contributed by atoms with Crippen LogP contribution in [0, 0.1) is 0 Å². The van der Waals surface area contributed by atoms with Crippen molar-refractivity contribution in [3.8, 4) is 0 Å². The molecule has 0 radical (unpaired) electrons. The molecule has 1 aromatic rings. The molecule has 0 aromatic heterocycles. The summed E-state index contributed by atoms with van der Waals surface area (Å²) in [5.74, 6) is 0. The Morgan fingerprint density at radius 3 is 2.45 bits per heavy atom. The molecule has 1 saturated heterocycles. The van der Waals surface area contributed by atoms with Gasteiger partial charge in [-0.2, -0.15) is 0 Å². The zero-order valence-electron chi connectivity index (χ0n) is 12.3. The Kier molecular flexibility index (Phi) is 4.67. The Balaban J connectivity index is 2.01. The second-order valence-electron chi connectivity index (χ2n) is 5.43. The first-order valence-electron chi connectivity index (χ1n) is 6.93. The fourth-order valence-electron chi connectivity index (χ4n) is 2.50. The van der Waals surface area contributed by atoms with Crippen molar-refractivity contribution in [1.29, 1.82) is 0 Å². The van der Waals surface area contributed by atoms with Crippen molar-refractivity contribution >= 4 is 15.7 Å². The normalized spacial score (nSPS) is 24.6. The Labute approximate surface area is 121 Å². The highest BCUT2D eigenvalue weighted by molar-refractivity contribution is 7.89. The number of rotatable bonds is 4. The van der Waals surface area contributed by atoms with E-state index in [4.69, 9.17) is 0 Å². The van der Waals surface area contributed by atoms with Crippen LogP contribution in [-0.4, -0.2) is 46.0 Å². The molecule has 20 heavy (non-hydrogen) atoms. The molecule has 1 aliphatic rings. The summed E-state index contributed by atoms with van der Waals surface area (Å²) < 4.78 is 25.6. The number of benzene rings is 1. The minimum Gasteiger partial charge on any atom is -0.382 e. The summed E-state index contributed by atoms with van der Waals surface area (Å²) in [6, 6.07) is 7.94. The van der Waals surface area contributed by atoms with E-state index in [2.05, 4.69) is 28.9 Å². The number of nitrogens with one attached hydrogen (secondary N) is 2. The van der Waals surface area contributed by atoms with E-state index in [9.17, 15) is 8.42 Å². The molecule has 0 bridgehead atoms. The van der Waals surface area contributed by atoms with Crippen molar-refractivity contribution in [2.75, 3.05) is 26.0 Å². The van der Waals surface area contributed by atoms with Gasteiger partial charge in [0.2, 0.25) is 10.0 Å². The third-order valence-corrected chi connectivity index (χ3v) is 5.44. The van der Waals surface area contributed by atoms with E-state index < -0.39 is 10.0 Å². The molecule has 0 amide bonds. The van der Waals surface area contributed by atoms with E-state index in [-0.39, 0.29) is 0 Å². The van der Waals surface area contributed by atoms with Crippen LogP contribution in [0.4, 0.5) is 5.69 Å². The number of likely N-dealkylation sites (tertiary alicyclic amines) is 1. The number of anilines is 1. The average molecular weight is 297 g/mol. The number of piperidine rings is 1. The van der Waals surface area contributed by atoms with Crippen molar-refractivity contribution < 1.29 is 8.42 Å². The average Bonchev–Trinajstić information content (AvgIpc) is 2.43. The van der Waals surface area contributed by atoms with Gasteiger partial charge >= 0.3 is 0 Å². The lowest BCUT2D eigenvalue weighted by atomic mass is 9.99. The molecule has 1 fully saturated rings. The lowest BCUT2D eigenvalue weighted by Crippen LogP contribution is -2.42. The Morgan fingerprint density at radius 1 is 1.25 bits per heavy atom. The molecule has 2 N–H and O–H groups in total. The van der Waals surface area contributed by atoms with Crippen LogP contribution in [-0.2, 0) is 10.0 Å². The molecule has 6 heteroatoms. The maximum absolute atomic E-state index is 11.6.